The van der Waals surface area contributed by atoms with Gasteiger partial charge in [-0.05, 0) is 39.3 Å². The first-order valence-corrected chi connectivity index (χ1v) is 6.05. The third-order valence-electron chi connectivity index (χ3n) is 2.21. The molecule has 0 unspecified atom stereocenters. The average molecular weight is 250 g/mol. The van der Waals surface area contributed by atoms with E-state index >= 15 is 0 Å². The van der Waals surface area contributed by atoms with Gasteiger partial charge in [0, 0.05) is 24.7 Å². The molecule has 0 aromatic carbocycles. The van der Waals surface area contributed by atoms with E-state index in [0.717, 1.165) is 5.56 Å². The Bertz CT molecular complexity index is 423. The van der Waals surface area contributed by atoms with Gasteiger partial charge in [-0.1, -0.05) is 0 Å². The van der Waals surface area contributed by atoms with Crippen molar-refractivity contribution in [1.82, 2.24) is 10.3 Å². The lowest BCUT2D eigenvalue weighted by Gasteiger charge is -2.20. The molecule has 100 valence electrons. The first-order chi connectivity index (χ1) is 8.28. The molecule has 5 heteroatoms. The maximum atomic E-state index is 11.6. The summed E-state index contributed by atoms with van der Waals surface area (Å²) in [6.07, 6.45) is 2.14. The Hall–Kier alpha value is -1.78. The van der Waals surface area contributed by atoms with E-state index in [1.165, 1.54) is 0 Å². The fourth-order valence-electron chi connectivity index (χ4n) is 1.51. The van der Waals surface area contributed by atoms with Crippen molar-refractivity contribution in [2.45, 2.75) is 39.7 Å². The van der Waals surface area contributed by atoms with Gasteiger partial charge in [0.1, 0.15) is 5.82 Å². The molecule has 0 spiro atoms. The van der Waals surface area contributed by atoms with Crippen molar-refractivity contribution in [1.29, 1.82) is 0 Å². The predicted molar refractivity (Wildman–Crippen MR) is 74.4 cm³/mol. The number of nitrogen functional groups attached to an aromatic ring is 1. The van der Waals surface area contributed by atoms with Crippen molar-refractivity contribution in [2.75, 3.05) is 17.6 Å². The highest BCUT2D eigenvalue weighted by Crippen LogP contribution is 2.15. The first kappa shape index (κ1) is 14.3. The monoisotopic (exact) mass is 250 g/mol. The summed E-state index contributed by atoms with van der Waals surface area (Å²) in [4.78, 5) is 15.8. The van der Waals surface area contributed by atoms with Crippen LogP contribution >= 0.6 is 0 Å². The van der Waals surface area contributed by atoms with Crippen LogP contribution in [0.25, 0.3) is 0 Å². The molecule has 0 fully saturated rings. The summed E-state index contributed by atoms with van der Waals surface area (Å²) in [5.41, 5.74) is 7.24. The van der Waals surface area contributed by atoms with Crippen LogP contribution in [0, 0.1) is 6.92 Å². The number of nitrogens with two attached hydrogens (primary N) is 1. The van der Waals surface area contributed by atoms with Crippen LogP contribution in [0.3, 0.4) is 0 Å². The van der Waals surface area contributed by atoms with Crippen molar-refractivity contribution in [3.05, 3.63) is 17.8 Å². The zero-order chi connectivity index (χ0) is 13.8. The van der Waals surface area contributed by atoms with E-state index in [1.807, 2.05) is 33.8 Å². The molecule has 1 aromatic rings. The van der Waals surface area contributed by atoms with Crippen molar-refractivity contribution < 1.29 is 4.79 Å². The minimum Gasteiger partial charge on any atom is -0.396 e. The SMILES string of the molecule is Cc1cnc(NCCC(=O)NC(C)(C)C)c(N)c1. The van der Waals surface area contributed by atoms with Gasteiger partial charge in [0.2, 0.25) is 5.91 Å². The molecule has 0 bridgehead atoms. The predicted octanol–water partition coefficient (Wildman–Crippen LogP) is 1.69. The minimum atomic E-state index is -0.196. The molecule has 0 saturated heterocycles. The van der Waals surface area contributed by atoms with Crippen LogP contribution in [-0.2, 0) is 4.79 Å². The molecule has 1 rings (SSSR count). The Morgan fingerprint density at radius 2 is 2.11 bits per heavy atom. The number of anilines is 2. The number of carbonyl (C=O) groups excluding carboxylic acids is 1. The molecule has 1 amide bonds. The smallest absolute Gasteiger partial charge is 0.222 e. The highest BCUT2D eigenvalue weighted by Gasteiger charge is 2.13. The Labute approximate surface area is 108 Å². The summed E-state index contributed by atoms with van der Waals surface area (Å²) in [7, 11) is 0. The summed E-state index contributed by atoms with van der Waals surface area (Å²) in [5, 5.41) is 5.96. The quantitative estimate of drug-likeness (QED) is 0.759. The van der Waals surface area contributed by atoms with Gasteiger partial charge in [-0.2, -0.15) is 0 Å². The van der Waals surface area contributed by atoms with Crippen LogP contribution in [0.5, 0.6) is 0 Å². The van der Waals surface area contributed by atoms with Crippen LogP contribution in [-0.4, -0.2) is 23.0 Å². The molecule has 0 aliphatic carbocycles. The molecule has 1 aromatic heterocycles. The van der Waals surface area contributed by atoms with E-state index in [9.17, 15) is 4.79 Å². The van der Waals surface area contributed by atoms with E-state index in [2.05, 4.69) is 15.6 Å². The number of hydrogen-bond acceptors (Lipinski definition) is 4. The van der Waals surface area contributed by atoms with Crippen LogP contribution in [0.15, 0.2) is 12.3 Å². The van der Waals surface area contributed by atoms with Crippen molar-refractivity contribution >= 4 is 17.4 Å². The number of carbonyl (C=O) groups is 1. The zero-order valence-electron chi connectivity index (χ0n) is 11.5. The van der Waals surface area contributed by atoms with Gasteiger partial charge in [0.05, 0.1) is 5.69 Å². The second kappa shape index (κ2) is 5.71. The molecule has 0 aliphatic rings. The highest BCUT2D eigenvalue weighted by atomic mass is 16.1. The van der Waals surface area contributed by atoms with E-state index < -0.39 is 0 Å². The van der Waals surface area contributed by atoms with Gasteiger partial charge in [-0.3, -0.25) is 4.79 Å². The lowest BCUT2D eigenvalue weighted by molar-refractivity contribution is -0.122. The number of rotatable bonds is 4. The highest BCUT2D eigenvalue weighted by molar-refractivity contribution is 5.77. The average Bonchev–Trinajstić information content (AvgIpc) is 2.18. The molecular formula is C13H22N4O. The number of pyridine rings is 1. The number of nitrogens with one attached hydrogen (secondary N) is 2. The Morgan fingerprint density at radius 1 is 1.44 bits per heavy atom. The number of aryl methyl sites for hydroxylation is 1. The molecule has 0 atom stereocenters. The summed E-state index contributed by atoms with van der Waals surface area (Å²) in [6, 6.07) is 1.85. The van der Waals surface area contributed by atoms with Crippen molar-refractivity contribution in [3.63, 3.8) is 0 Å². The van der Waals surface area contributed by atoms with E-state index in [1.54, 1.807) is 6.20 Å². The van der Waals surface area contributed by atoms with Gasteiger partial charge in [0.15, 0.2) is 0 Å². The van der Waals surface area contributed by atoms with E-state index in [0.29, 0.717) is 24.5 Å². The fraction of sp³-hybridized carbons (Fsp3) is 0.538. The Morgan fingerprint density at radius 3 is 2.67 bits per heavy atom. The summed E-state index contributed by atoms with van der Waals surface area (Å²) in [6.45, 7) is 8.32. The second-order valence-electron chi connectivity index (χ2n) is 5.43. The second-order valence-corrected chi connectivity index (χ2v) is 5.43. The summed E-state index contributed by atoms with van der Waals surface area (Å²) in [5.74, 6) is 0.643. The minimum absolute atomic E-state index is 0.0145. The number of hydrogen-bond donors (Lipinski definition) is 3. The van der Waals surface area contributed by atoms with Gasteiger partial charge in [0.25, 0.3) is 0 Å². The third-order valence-corrected chi connectivity index (χ3v) is 2.21. The molecule has 18 heavy (non-hydrogen) atoms. The van der Waals surface area contributed by atoms with Gasteiger partial charge in [-0.15, -0.1) is 0 Å². The third kappa shape index (κ3) is 5.03. The molecule has 0 aliphatic heterocycles. The summed E-state index contributed by atoms with van der Waals surface area (Å²) < 4.78 is 0. The molecule has 5 nitrogen and oxygen atoms in total. The van der Waals surface area contributed by atoms with Crippen molar-refractivity contribution in [2.24, 2.45) is 0 Å². The maximum Gasteiger partial charge on any atom is 0.222 e. The lowest BCUT2D eigenvalue weighted by atomic mass is 10.1. The Balaban J connectivity index is 2.40. The van der Waals surface area contributed by atoms with Crippen LogP contribution in [0.2, 0.25) is 0 Å². The zero-order valence-corrected chi connectivity index (χ0v) is 11.5. The maximum absolute atomic E-state index is 11.6. The normalized spacial score (nSPS) is 11.1. The molecule has 0 saturated carbocycles. The van der Waals surface area contributed by atoms with E-state index in [4.69, 9.17) is 5.73 Å². The van der Waals surface area contributed by atoms with Crippen LogP contribution in [0.4, 0.5) is 11.5 Å². The summed E-state index contributed by atoms with van der Waals surface area (Å²) >= 11 is 0. The number of amides is 1. The number of nitrogens with zero attached hydrogens (tertiary/aromatic N) is 1. The van der Waals surface area contributed by atoms with Crippen LogP contribution < -0.4 is 16.4 Å². The Kier molecular flexibility index (Phi) is 4.53. The lowest BCUT2D eigenvalue weighted by Crippen LogP contribution is -2.41. The molecule has 0 radical (unpaired) electrons. The standard InChI is InChI=1S/C13H22N4O/c1-9-7-10(14)12(16-8-9)15-6-5-11(18)17-13(2,3)4/h7-8H,5-6,14H2,1-4H3,(H,15,16)(H,17,18). The number of aromatic nitrogens is 1. The van der Waals surface area contributed by atoms with E-state index in [-0.39, 0.29) is 11.4 Å². The fourth-order valence-corrected chi connectivity index (χ4v) is 1.51. The molecular weight excluding hydrogens is 228 g/mol. The van der Waals surface area contributed by atoms with Crippen molar-refractivity contribution in [3.8, 4) is 0 Å². The first-order valence-electron chi connectivity index (χ1n) is 6.05. The molecule has 1 heterocycles. The van der Waals surface area contributed by atoms with Gasteiger partial charge < -0.3 is 16.4 Å². The van der Waals surface area contributed by atoms with Crippen LogP contribution in [0.1, 0.15) is 32.8 Å². The van der Waals surface area contributed by atoms with Gasteiger partial charge in [-0.25, -0.2) is 4.98 Å². The van der Waals surface area contributed by atoms with Gasteiger partial charge >= 0.3 is 0 Å². The molecule has 4 N–H and O–H groups in total. The largest absolute Gasteiger partial charge is 0.396 e. The topological polar surface area (TPSA) is 80.0 Å².